The molecule has 1 heterocycles. The fourth-order valence-electron chi connectivity index (χ4n) is 1.22. The minimum Gasteiger partial charge on any atom is -0.479 e. The number of ether oxygens (including phenoxy) is 1. The van der Waals surface area contributed by atoms with Crippen LogP contribution in [0.1, 0.15) is 26.0 Å². The number of hydrogen-bond donors (Lipinski definition) is 2. The molecule has 0 saturated carbocycles. The summed E-state index contributed by atoms with van der Waals surface area (Å²) in [6.07, 6.45) is 1.84. The molecule has 0 aromatic carbocycles. The molecule has 1 unspecified atom stereocenters. The molecule has 5 nitrogen and oxygen atoms in total. The summed E-state index contributed by atoms with van der Waals surface area (Å²) >= 11 is 0. The van der Waals surface area contributed by atoms with Crippen LogP contribution in [0.2, 0.25) is 0 Å². The number of nitrogens with zero attached hydrogens (tertiary/aromatic N) is 1. The highest BCUT2D eigenvalue weighted by molar-refractivity contribution is 5.80. The SMILES string of the molecule is CCCNC(=O)C(C)Oc1ccc(CO)nc1. The van der Waals surface area contributed by atoms with E-state index in [-0.39, 0.29) is 12.5 Å². The van der Waals surface area contributed by atoms with Gasteiger partial charge in [0.2, 0.25) is 0 Å². The lowest BCUT2D eigenvalue weighted by atomic mass is 10.3. The number of nitrogens with one attached hydrogen (secondary N) is 1. The van der Waals surface area contributed by atoms with Crippen molar-refractivity contribution in [3.05, 3.63) is 24.0 Å². The first-order valence-corrected chi connectivity index (χ1v) is 5.67. The third kappa shape index (κ3) is 4.40. The van der Waals surface area contributed by atoms with Crippen LogP contribution in [-0.2, 0) is 11.4 Å². The lowest BCUT2D eigenvalue weighted by Crippen LogP contribution is -2.36. The molecular formula is C12H18N2O3. The number of pyridine rings is 1. The average molecular weight is 238 g/mol. The van der Waals surface area contributed by atoms with Crippen molar-refractivity contribution in [3.8, 4) is 5.75 Å². The van der Waals surface area contributed by atoms with Gasteiger partial charge in [0.05, 0.1) is 18.5 Å². The maximum absolute atomic E-state index is 11.5. The van der Waals surface area contributed by atoms with E-state index in [0.29, 0.717) is 18.0 Å². The van der Waals surface area contributed by atoms with Gasteiger partial charge in [-0.2, -0.15) is 0 Å². The van der Waals surface area contributed by atoms with Gasteiger partial charge in [-0.05, 0) is 25.5 Å². The number of aliphatic hydroxyl groups excluding tert-OH is 1. The Hall–Kier alpha value is -1.62. The molecule has 1 amide bonds. The van der Waals surface area contributed by atoms with Crippen LogP contribution in [0.25, 0.3) is 0 Å². The molecule has 2 N–H and O–H groups in total. The molecule has 0 fully saturated rings. The van der Waals surface area contributed by atoms with Crippen molar-refractivity contribution >= 4 is 5.91 Å². The Morgan fingerprint density at radius 2 is 2.35 bits per heavy atom. The smallest absolute Gasteiger partial charge is 0.260 e. The molecule has 1 aromatic rings. The third-order valence-corrected chi connectivity index (χ3v) is 2.19. The van der Waals surface area contributed by atoms with Gasteiger partial charge in [0.1, 0.15) is 5.75 Å². The summed E-state index contributed by atoms with van der Waals surface area (Å²) in [5, 5.41) is 11.6. The molecule has 0 aliphatic carbocycles. The van der Waals surface area contributed by atoms with Crippen LogP contribution >= 0.6 is 0 Å². The van der Waals surface area contributed by atoms with E-state index in [9.17, 15) is 4.79 Å². The normalized spacial score (nSPS) is 11.9. The molecule has 1 rings (SSSR count). The number of amides is 1. The second-order valence-corrected chi connectivity index (χ2v) is 3.69. The summed E-state index contributed by atoms with van der Waals surface area (Å²) in [5.74, 6) is 0.374. The second-order valence-electron chi connectivity index (χ2n) is 3.69. The minimum atomic E-state index is -0.552. The summed E-state index contributed by atoms with van der Waals surface area (Å²) in [6.45, 7) is 4.22. The van der Waals surface area contributed by atoms with Gasteiger partial charge < -0.3 is 15.2 Å². The number of carbonyl (C=O) groups excluding carboxylic acids is 1. The van der Waals surface area contributed by atoms with Gasteiger partial charge in [-0.3, -0.25) is 9.78 Å². The number of rotatable bonds is 6. The first-order chi connectivity index (χ1) is 8.17. The van der Waals surface area contributed by atoms with E-state index >= 15 is 0 Å². The monoisotopic (exact) mass is 238 g/mol. The lowest BCUT2D eigenvalue weighted by molar-refractivity contribution is -0.127. The molecule has 17 heavy (non-hydrogen) atoms. The van der Waals surface area contributed by atoms with Gasteiger partial charge in [-0.15, -0.1) is 0 Å². The van der Waals surface area contributed by atoms with Crippen LogP contribution in [0.3, 0.4) is 0 Å². The summed E-state index contributed by atoms with van der Waals surface area (Å²) in [6, 6.07) is 3.34. The fourth-order valence-corrected chi connectivity index (χ4v) is 1.22. The third-order valence-electron chi connectivity index (χ3n) is 2.19. The molecular weight excluding hydrogens is 220 g/mol. The largest absolute Gasteiger partial charge is 0.479 e. The quantitative estimate of drug-likeness (QED) is 0.771. The van der Waals surface area contributed by atoms with E-state index in [1.807, 2.05) is 6.92 Å². The Bertz CT molecular complexity index is 351. The highest BCUT2D eigenvalue weighted by Gasteiger charge is 2.13. The van der Waals surface area contributed by atoms with Crippen LogP contribution in [0.4, 0.5) is 0 Å². The zero-order valence-corrected chi connectivity index (χ0v) is 10.1. The van der Waals surface area contributed by atoms with Gasteiger partial charge in [-0.1, -0.05) is 6.92 Å². The molecule has 0 spiro atoms. The van der Waals surface area contributed by atoms with Crippen LogP contribution < -0.4 is 10.1 Å². The van der Waals surface area contributed by atoms with Crippen LogP contribution in [0.15, 0.2) is 18.3 Å². The molecule has 0 saturated heterocycles. The molecule has 0 aliphatic heterocycles. The van der Waals surface area contributed by atoms with Crippen LogP contribution in [0, 0.1) is 0 Å². The maximum Gasteiger partial charge on any atom is 0.260 e. The van der Waals surface area contributed by atoms with E-state index in [1.165, 1.54) is 6.20 Å². The summed E-state index contributed by atoms with van der Waals surface area (Å²) < 4.78 is 5.42. The van der Waals surface area contributed by atoms with Crippen molar-refractivity contribution in [3.63, 3.8) is 0 Å². The zero-order chi connectivity index (χ0) is 12.7. The predicted octanol–water partition coefficient (Wildman–Crippen LogP) is 0.867. The Kier molecular flexibility index (Phi) is 5.42. The molecule has 1 atom stereocenters. The van der Waals surface area contributed by atoms with Crippen molar-refractivity contribution in [2.24, 2.45) is 0 Å². The first-order valence-electron chi connectivity index (χ1n) is 5.67. The van der Waals surface area contributed by atoms with Gasteiger partial charge in [0.15, 0.2) is 6.10 Å². The summed E-state index contributed by atoms with van der Waals surface area (Å²) in [7, 11) is 0. The molecule has 0 radical (unpaired) electrons. The molecule has 1 aromatic heterocycles. The van der Waals surface area contributed by atoms with Crippen molar-refractivity contribution in [1.29, 1.82) is 0 Å². The van der Waals surface area contributed by atoms with Gasteiger partial charge in [-0.25, -0.2) is 0 Å². The second kappa shape index (κ2) is 6.85. The highest BCUT2D eigenvalue weighted by Crippen LogP contribution is 2.11. The molecule has 94 valence electrons. The molecule has 0 aliphatic rings. The highest BCUT2D eigenvalue weighted by atomic mass is 16.5. The Morgan fingerprint density at radius 1 is 1.59 bits per heavy atom. The van der Waals surface area contributed by atoms with Crippen molar-refractivity contribution in [2.75, 3.05) is 6.54 Å². The van der Waals surface area contributed by atoms with E-state index in [4.69, 9.17) is 9.84 Å². The predicted molar refractivity (Wildman–Crippen MR) is 63.6 cm³/mol. The average Bonchev–Trinajstić information content (AvgIpc) is 2.36. The van der Waals surface area contributed by atoms with Gasteiger partial charge >= 0.3 is 0 Å². The topological polar surface area (TPSA) is 71.5 Å². The maximum atomic E-state index is 11.5. The number of hydrogen-bond acceptors (Lipinski definition) is 4. The van der Waals surface area contributed by atoms with Crippen molar-refractivity contribution < 1.29 is 14.6 Å². The Labute approximate surface area is 101 Å². The van der Waals surface area contributed by atoms with E-state index in [0.717, 1.165) is 6.42 Å². The lowest BCUT2D eigenvalue weighted by Gasteiger charge is -2.14. The summed E-state index contributed by atoms with van der Waals surface area (Å²) in [4.78, 5) is 15.5. The minimum absolute atomic E-state index is 0.104. The van der Waals surface area contributed by atoms with E-state index < -0.39 is 6.10 Å². The molecule has 0 bridgehead atoms. The Morgan fingerprint density at radius 3 is 2.88 bits per heavy atom. The van der Waals surface area contributed by atoms with E-state index in [2.05, 4.69) is 10.3 Å². The van der Waals surface area contributed by atoms with Gasteiger partial charge in [0.25, 0.3) is 5.91 Å². The van der Waals surface area contributed by atoms with Crippen LogP contribution in [0.5, 0.6) is 5.75 Å². The number of aromatic nitrogens is 1. The summed E-state index contributed by atoms with van der Waals surface area (Å²) in [5.41, 5.74) is 0.570. The molecule has 5 heteroatoms. The number of aliphatic hydroxyl groups is 1. The van der Waals surface area contributed by atoms with Crippen LogP contribution in [-0.4, -0.2) is 28.6 Å². The Balaban J connectivity index is 2.49. The van der Waals surface area contributed by atoms with Gasteiger partial charge in [0, 0.05) is 6.54 Å². The first kappa shape index (κ1) is 13.4. The van der Waals surface area contributed by atoms with Crippen molar-refractivity contribution in [2.45, 2.75) is 33.0 Å². The number of carbonyl (C=O) groups is 1. The standard InChI is InChI=1S/C12H18N2O3/c1-3-6-13-12(16)9(2)17-11-5-4-10(8-15)14-7-11/h4-5,7,9,15H,3,6,8H2,1-2H3,(H,13,16). The van der Waals surface area contributed by atoms with E-state index in [1.54, 1.807) is 19.1 Å². The fraction of sp³-hybridized carbons (Fsp3) is 0.500. The van der Waals surface area contributed by atoms with Crippen molar-refractivity contribution in [1.82, 2.24) is 10.3 Å². The zero-order valence-electron chi connectivity index (χ0n) is 10.1.